The summed E-state index contributed by atoms with van der Waals surface area (Å²) in [5.74, 6) is 0. The molecular weight excluding hydrogens is 142 g/mol. The summed E-state index contributed by atoms with van der Waals surface area (Å²) in [5.41, 5.74) is 0.494. The van der Waals surface area contributed by atoms with Gasteiger partial charge in [-0.1, -0.05) is 0 Å². The van der Waals surface area contributed by atoms with Crippen molar-refractivity contribution in [2.75, 3.05) is 0 Å². The van der Waals surface area contributed by atoms with Crippen molar-refractivity contribution in [3.8, 4) is 0 Å². The highest BCUT2D eigenvalue weighted by Crippen LogP contribution is 1.99. The summed E-state index contributed by atoms with van der Waals surface area (Å²) in [6, 6.07) is 3.35. The van der Waals surface area contributed by atoms with Crippen molar-refractivity contribution in [3.05, 3.63) is 34.9 Å². The topological polar surface area (TPSA) is 58.6 Å². The van der Waals surface area contributed by atoms with Crippen LogP contribution in [0.25, 0.3) is 10.9 Å². The molecule has 0 atom stereocenters. The first kappa shape index (κ1) is 6.03. The monoisotopic (exact) mass is 147 g/mol. The molecule has 4 heteroatoms. The fraction of sp³-hybridized carbons (Fsp3) is 0. The average Bonchev–Trinajstić information content (AvgIpc) is 2.06. The highest BCUT2D eigenvalue weighted by molar-refractivity contribution is 5.75. The Morgan fingerprint density at radius 1 is 1.36 bits per heavy atom. The summed E-state index contributed by atoms with van der Waals surface area (Å²) in [6.07, 6.45) is 3.05. The minimum atomic E-state index is -0.127. The van der Waals surface area contributed by atoms with Crippen molar-refractivity contribution < 1.29 is 0 Å². The molecule has 2 aromatic heterocycles. The zero-order valence-corrected chi connectivity index (χ0v) is 5.61. The zero-order valence-electron chi connectivity index (χ0n) is 5.61. The summed E-state index contributed by atoms with van der Waals surface area (Å²) in [6.45, 7) is 0. The van der Waals surface area contributed by atoms with Gasteiger partial charge in [0.25, 0.3) is 5.56 Å². The van der Waals surface area contributed by atoms with E-state index in [-0.39, 0.29) is 5.56 Å². The number of nitrogens with zero attached hydrogens (tertiary/aromatic N) is 2. The predicted molar refractivity (Wildman–Crippen MR) is 40.2 cm³/mol. The maximum absolute atomic E-state index is 11.1. The highest BCUT2D eigenvalue weighted by Gasteiger charge is 1.95. The number of H-pyrrole nitrogens is 1. The van der Waals surface area contributed by atoms with E-state index in [2.05, 4.69) is 15.2 Å². The van der Waals surface area contributed by atoms with Gasteiger partial charge in [-0.05, 0) is 12.1 Å². The van der Waals surface area contributed by atoms with Crippen LogP contribution >= 0.6 is 0 Å². The van der Waals surface area contributed by atoms with Gasteiger partial charge in [0.2, 0.25) is 0 Å². The van der Waals surface area contributed by atoms with E-state index in [0.29, 0.717) is 10.9 Å². The number of fused-ring (bicyclic) bond motifs is 1. The first-order chi connectivity index (χ1) is 5.38. The van der Waals surface area contributed by atoms with Gasteiger partial charge in [0, 0.05) is 6.20 Å². The molecule has 0 aliphatic rings. The van der Waals surface area contributed by atoms with E-state index in [0.717, 1.165) is 0 Å². The fourth-order valence-corrected chi connectivity index (χ4v) is 0.932. The van der Waals surface area contributed by atoms with Crippen LogP contribution in [-0.4, -0.2) is 15.2 Å². The second kappa shape index (κ2) is 2.16. The maximum Gasteiger partial charge on any atom is 0.257 e. The lowest BCUT2D eigenvalue weighted by Gasteiger charge is -1.90. The first-order valence-corrected chi connectivity index (χ1v) is 3.17. The number of hydrogen-bond acceptors (Lipinski definition) is 3. The molecule has 0 aliphatic carbocycles. The molecule has 1 N–H and O–H groups in total. The number of nitrogens with one attached hydrogen (secondary N) is 1. The lowest BCUT2D eigenvalue weighted by atomic mass is 10.3. The smallest absolute Gasteiger partial charge is 0.257 e. The van der Waals surface area contributed by atoms with Gasteiger partial charge >= 0.3 is 0 Å². The molecule has 0 unspecified atom stereocenters. The number of hydrogen-bond donors (Lipinski definition) is 1. The van der Waals surface area contributed by atoms with Crippen LogP contribution in [0.4, 0.5) is 0 Å². The van der Waals surface area contributed by atoms with Crippen LogP contribution in [0.1, 0.15) is 0 Å². The molecule has 0 aliphatic heterocycles. The van der Waals surface area contributed by atoms with Gasteiger partial charge in [-0.2, -0.15) is 10.2 Å². The number of rotatable bonds is 0. The SMILES string of the molecule is O=c1[nH]ccc2nnccc12. The molecule has 0 amide bonds. The second-order valence-electron chi connectivity index (χ2n) is 2.14. The molecule has 2 aromatic rings. The molecule has 0 spiro atoms. The van der Waals surface area contributed by atoms with Gasteiger partial charge in [-0.15, -0.1) is 0 Å². The van der Waals surface area contributed by atoms with Gasteiger partial charge in [0.05, 0.1) is 17.1 Å². The van der Waals surface area contributed by atoms with Crippen LogP contribution < -0.4 is 5.56 Å². The third kappa shape index (κ3) is 0.881. The van der Waals surface area contributed by atoms with Gasteiger partial charge in [-0.3, -0.25) is 4.79 Å². The Morgan fingerprint density at radius 3 is 3.09 bits per heavy atom. The number of pyridine rings is 1. The normalized spacial score (nSPS) is 10.2. The molecule has 11 heavy (non-hydrogen) atoms. The Hall–Kier alpha value is -1.71. The molecule has 0 bridgehead atoms. The summed E-state index contributed by atoms with van der Waals surface area (Å²) >= 11 is 0. The van der Waals surface area contributed by atoms with Gasteiger partial charge < -0.3 is 4.98 Å². The van der Waals surface area contributed by atoms with Crippen molar-refractivity contribution in [2.24, 2.45) is 0 Å². The van der Waals surface area contributed by atoms with E-state index < -0.39 is 0 Å². The molecule has 0 saturated heterocycles. The van der Waals surface area contributed by atoms with Crippen LogP contribution in [0.2, 0.25) is 0 Å². The van der Waals surface area contributed by atoms with Crippen molar-refractivity contribution >= 4 is 10.9 Å². The van der Waals surface area contributed by atoms with Crippen molar-refractivity contribution in [1.29, 1.82) is 0 Å². The standard InChI is InChI=1S/C7H5N3O/c11-7-5-1-4-9-10-6(5)2-3-8-7/h1-4H,(H,8,11). The molecule has 2 rings (SSSR count). The summed E-state index contributed by atoms with van der Waals surface area (Å²) in [7, 11) is 0. The van der Waals surface area contributed by atoms with E-state index in [4.69, 9.17) is 0 Å². The largest absolute Gasteiger partial charge is 0.328 e. The van der Waals surface area contributed by atoms with Gasteiger partial charge in [0.15, 0.2) is 0 Å². The third-order valence-electron chi connectivity index (χ3n) is 1.45. The van der Waals surface area contributed by atoms with Crippen LogP contribution in [0.15, 0.2) is 29.3 Å². The first-order valence-electron chi connectivity index (χ1n) is 3.17. The zero-order chi connectivity index (χ0) is 7.68. The van der Waals surface area contributed by atoms with Gasteiger partial charge in [-0.25, -0.2) is 0 Å². The molecule has 4 nitrogen and oxygen atoms in total. The minimum Gasteiger partial charge on any atom is -0.328 e. The third-order valence-corrected chi connectivity index (χ3v) is 1.45. The Kier molecular flexibility index (Phi) is 1.18. The predicted octanol–water partition coefficient (Wildman–Crippen LogP) is 0.318. The molecule has 0 saturated carbocycles. The fourth-order valence-electron chi connectivity index (χ4n) is 0.932. The maximum atomic E-state index is 11.1. The number of aromatic amines is 1. The Balaban J connectivity index is 3.03. The Bertz CT molecular complexity index is 429. The molecular formula is C7H5N3O. The molecule has 0 fully saturated rings. The van der Waals surface area contributed by atoms with Crippen LogP contribution in [0.5, 0.6) is 0 Å². The lowest BCUT2D eigenvalue weighted by molar-refractivity contribution is 1.07. The van der Waals surface area contributed by atoms with Crippen LogP contribution in [-0.2, 0) is 0 Å². The van der Waals surface area contributed by atoms with E-state index in [1.54, 1.807) is 18.3 Å². The molecule has 54 valence electrons. The number of aromatic nitrogens is 3. The summed E-state index contributed by atoms with van der Waals surface area (Å²) < 4.78 is 0. The van der Waals surface area contributed by atoms with Crippen LogP contribution in [0, 0.1) is 0 Å². The van der Waals surface area contributed by atoms with Crippen molar-refractivity contribution in [1.82, 2.24) is 15.2 Å². The summed E-state index contributed by atoms with van der Waals surface area (Å²) in [4.78, 5) is 13.6. The molecule has 2 heterocycles. The Morgan fingerprint density at radius 2 is 2.27 bits per heavy atom. The highest BCUT2D eigenvalue weighted by atomic mass is 16.1. The van der Waals surface area contributed by atoms with Gasteiger partial charge in [0.1, 0.15) is 0 Å². The lowest BCUT2D eigenvalue weighted by Crippen LogP contribution is -2.05. The summed E-state index contributed by atoms with van der Waals surface area (Å²) in [5, 5.41) is 8.00. The average molecular weight is 147 g/mol. The minimum absolute atomic E-state index is 0.127. The van der Waals surface area contributed by atoms with Crippen LogP contribution in [0.3, 0.4) is 0 Å². The Labute approximate surface area is 61.9 Å². The quantitative estimate of drug-likeness (QED) is 0.583. The second-order valence-corrected chi connectivity index (χ2v) is 2.14. The van der Waals surface area contributed by atoms with Crippen molar-refractivity contribution in [2.45, 2.75) is 0 Å². The van der Waals surface area contributed by atoms with E-state index in [1.807, 2.05) is 0 Å². The van der Waals surface area contributed by atoms with E-state index in [1.165, 1.54) is 6.20 Å². The van der Waals surface area contributed by atoms with Crippen molar-refractivity contribution in [3.63, 3.8) is 0 Å². The molecule has 0 radical (unpaired) electrons. The van der Waals surface area contributed by atoms with E-state index in [9.17, 15) is 4.79 Å². The van der Waals surface area contributed by atoms with E-state index >= 15 is 0 Å². The molecule has 0 aromatic carbocycles.